The zero-order chi connectivity index (χ0) is 19.1. The number of rotatable bonds is 2. The summed E-state index contributed by atoms with van der Waals surface area (Å²) in [7, 11) is -2.20. The summed E-state index contributed by atoms with van der Waals surface area (Å²) in [4.78, 5) is 12.7. The molecule has 1 amide bonds. The van der Waals surface area contributed by atoms with Crippen LogP contribution in [-0.2, 0) is 17.1 Å². The number of nitrogens with one attached hydrogen (secondary N) is 2. The van der Waals surface area contributed by atoms with Gasteiger partial charge in [0.1, 0.15) is 22.5 Å². The summed E-state index contributed by atoms with van der Waals surface area (Å²) >= 11 is 0. The number of amides is 1. The SMILES string of the molecule is CC1C=Cc2c(cn(C)c2C(=O)Nc2ccc(F)c(C#N)c2)S(=O)(=O)N1. The van der Waals surface area contributed by atoms with Crippen LogP contribution in [-0.4, -0.2) is 24.9 Å². The Morgan fingerprint density at radius 3 is 2.85 bits per heavy atom. The molecule has 2 N–H and O–H groups in total. The summed E-state index contributed by atoms with van der Waals surface area (Å²) < 4.78 is 42.1. The summed E-state index contributed by atoms with van der Waals surface area (Å²) in [6.45, 7) is 1.68. The fraction of sp³-hybridized carbons (Fsp3) is 0.176. The number of fused-ring (bicyclic) bond motifs is 1. The molecule has 0 fully saturated rings. The van der Waals surface area contributed by atoms with Gasteiger partial charge in [-0.25, -0.2) is 17.5 Å². The van der Waals surface area contributed by atoms with E-state index in [0.29, 0.717) is 0 Å². The number of benzene rings is 1. The van der Waals surface area contributed by atoms with Gasteiger partial charge < -0.3 is 9.88 Å². The number of aromatic nitrogens is 1. The second-order valence-electron chi connectivity index (χ2n) is 5.90. The summed E-state index contributed by atoms with van der Waals surface area (Å²) in [6.07, 6.45) is 4.59. The second-order valence-corrected chi connectivity index (χ2v) is 7.58. The topological polar surface area (TPSA) is 104 Å². The smallest absolute Gasteiger partial charge is 0.272 e. The van der Waals surface area contributed by atoms with E-state index in [1.807, 2.05) is 0 Å². The van der Waals surface area contributed by atoms with Crippen molar-refractivity contribution in [3.8, 4) is 6.07 Å². The van der Waals surface area contributed by atoms with Crippen molar-refractivity contribution in [2.24, 2.45) is 7.05 Å². The number of hydrogen-bond donors (Lipinski definition) is 2. The summed E-state index contributed by atoms with van der Waals surface area (Å²) in [5.41, 5.74) is 0.437. The van der Waals surface area contributed by atoms with E-state index in [2.05, 4.69) is 10.0 Å². The van der Waals surface area contributed by atoms with Crippen molar-refractivity contribution in [1.82, 2.24) is 9.29 Å². The first-order chi connectivity index (χ1) is 12.2. The molecule has 2 heterocycles. The molecule has 7 nitrogen and oxygen atoms in total. The second kappa shape index (κ2) is 6.40. The van der Waals surface area contributed by atoms with Crippen LogP contribution in [0.4, 0.5) is 10.1 Å². The van der Waals surface area contributed by atoms with Crippen molar-refractivity contribution in [2.75, 3.05) is 5.32 Å². The first kappa shape index (κ1) is 17.8. The maximum absolute atomic E-state index is 13.4. The Morgan fingerprint density at radius 1 is 1.42 bits per heavy atom. The van der Waals surface area contributed by atoms with Crippen molar-refractivity contribution in [1.29, 1.82) is 5.26 Å². The maximum Gasteiger partial charge on any atom is 0.272 e. The van der Waals surface area contributed by atoms with E-state index in [0.717, 1.165) is 6.07 Å². The van der Waals surface area contributed by atoms with Crippen molar-refractivity contribution in [3.63, 3.8) is 0 Å². The quantitative estimate of drug-likeness (QED) is 0.839. The van der Waals surface area contributed by atoms with Crippen molar-refractivity contribution >= 4 is 27.7 Å². The monoisotopic (exact) mass is 374 g/mol. The van der Waals surface area contributed by atoms with E-state index in [1.54, 1.807) is 32.2 Å². The van der Waals surface area contributed by atoms with Crippen LogP contribution >= 0.6 is 0 Å². The van der Waals surface area contributed by atoms with Crippen LogP contribution in [0, 0.1) is 17.1 Å². The van der Waals surface area contributed by atoms with Crippen LogP contribution in [0.3, 0.4) is 0 Å². The number of sulfonamides is 1. The molecule has 1 aromatic heterocycles. The molecule has 0 spiro atoms. The van der Waals surface area contributed by atoms with Gasteiger partial charge in [-0.2, -0.15) is 5.26 Å². The molecule has 1 aliphatic rings. The van der Waals surface area contributed by atoms with E-state index in [1.165, 1.54) is 22.9 Å². The number of halogens is 1. The number of carbonyl (C=O) groups excluding carboxylic acids is 1. The van der Waals surface area contributed by atoms with Crippen molar-refractivity contribution in [3.05, 3.63) is 53.1 Å². The first-order valence-corrected chi connectivity index (χ1v) is 9.12. The molecule has 26 heavy (non-hydrogen) atoms. The minimum absolute atomic E-state index is 0.00238. The number of aryl methyl sites for hydroxylation is 1. The lowest BCUT2D eigenvalue weighted by molar-refractivity contribution is 0.101. The zero-order valence-corrected chi connectivity index (χ0v) is 14.8. The van der Waals surface area contributed by atoms with E-state index in [9.17, 15) is 17.6 Å². The molecule has 0 aliphatic carbocycles. The van der Waals surface area contributed by atoms with Crippen LogP contribution in [0.1, 0.15) is 28.5 Å². The minimum Gasteiger partial charge on any atom is -0.345 e. The molecular formula is C17H15FN4O3S. The highest BCUT2D eigenvalue weighted by Gasteiger charge is 2.29. The highest BCUT2D eigenvalue weighted by atomic mass is 32.2. The minimum atomic E-state index is -3.76. The molecule has 1 unspecified atom stereocenters. The Hall–Kier alpha value is -2.96. The fourth-order valence-electron chi connectivity index (χ4n) is 2.74. The highest BCUT2D eigenvalue weighted by Crippen LogP contribution is 2.27. The molecule has 2 aromatic rings. The van der Waals surface area contributed by atoms with E-state index < -0.39 is 27.8 Å². The van der Waals surface area contributed by atoms with Crippen LogP contribution in [0.2, 0.25) is 0 Å². The molecular weight excluding hydrogens is 359 g/mol. The van der Waals surface area contributed by atoms with E-state index in [4.69, 9.17) is 5.26 Å². The molecule has 0 radical (unpaired) electrons. The summed E-state index contributed by atoms with van der Waals surface area (Å²) in [5, 5.41) is 11.5. The van der Waals surface area contributed by atoms with Crippen LogP contribution in [0.25, 0.3) is 6.08 Å². The average Bonchev–Trinajstić information content (AvgIpc) is 2.86. The number of carbonyl (C=O) groups is 1. The third-order valence-corrected chi connectivity index (χ3v) is 5.51. The van der Waals surface area contributed by atoms with Crippen LogP contribution in [0.5, 0.6) is 0 Å². The Bertz CT molecular complexity index is 1080. The Kier molecular flexibility index (Phi) is 4.39. The molecule has 0 saturated carbocycles. The van der Waals surface area contributed by atoms with E-state index >= 15 is 0 Å². The molecule has 1 aromatic carbocycles. The van der Waals surface area contributed by atoms with Crippen LogP contribution < -0.4 is 10.0 Å². The molecule has 9 heteroatoms. The average molecular weight is 374 g/mol. The largest absolute Gasteiger partial charge is 0.345 e. The van der Waals surface area contributed by atoms with Gasteiger partial charge >= 0.3 is 0 Å². The first-order valence-electron chi connectivity index (χ1n) is 7.64. The Balaban J connectivity index is 2.03. The third kappa shape index (κ3) is 3.12. The van der Waals surface area contributed by atoms with Gasteiger partial charge in [0.25, 0.3) is 5.91 Å². The predicted octanol–water partition coefficient (Wildman–Crippen LogP) is 1.98. The van der Waals surface area contributed by atoms with Gasteiger partial charge in [-0.05, 0) is 25.1 Å². The highest BCUT2D eigenvalue weighted by molar-refractivity contribution is 7.89. The van der Waals surface area contributed by atoms with Gasteiger partial charge in [-0.15, -0.1) is 0 Å². The molecule has 134 valence electrons. The third-order valence-electron chi connectivity index (χ3n) is 3.93. The van der Waals surface area contributed by atoms with E-state index in [-0.39, 0.29) is 27.4 Å². The lowest BCUT2D eigenvalue weighted by Crippen LogP contribution is -2.30. The van der Waals surface area contributed by atoms with Gasteiger partial charge in [0.05, 0.1) is 5.56 Å². The molecule has 3 rings (SSSR count). The standard InChI is InChI=1S/C17H15FN4O3S/c1-10-3-5-13-15(26(24,25)21-10)9-22(2)16(13)17(23)20-12-4-6-14(18)11(7-12)8-19/h3-7,9-10,21H,1-2H3,(H,20,23). The van der Waals surface area contributed by atoms with Crippen molar-refractivity contribution < 1.29 is 17.6 Å². The zero-order valence-electron chi connectivity index (χ0n) is 13.9. The fourth-order valence-corrected chi connectivity index (χ4v) is 4.19. The molecule has 0 saturated heterocycles. The Morgan fingerprint density at radius 2 is 2.15 bits per heavy atom. The van der Waals surface area contributed by atoms with Gasteiger partial charge in [-0.1, -0.05) is 12.2 Å². The molecule has 1 aliphatic heterocycles. The molecule has 1 atom stereocenters. The van der Waals surface area contributed by atoms with Gasteiger partial charge in [0, 0.05) is 30.5 Å². The predicted molar refractivity (Wildman–Crippen MR) is 93.3 cm³/mol. The summed E-state index contributed by atoms with van der Waals surface area (Å²) in [5.74, 6) is -1.26. The summed E-state index contributed by atoms with van der Waals surface area (Å²) in [6, 6.07) is 4.90. The number of hydrogen-bond acceptors (Lipinski definition) is 4. The normalized spacial score (nSPS) is 17.8. The lowest BCUT2D eigenvalue weighted by atomic mass is 10.1. The van der Waals surface area contributed by atoms with Gasteiger partial charge in [0.2, 0.25) is 10.0 Å². The van der Waals surface area contributed by atoms with Gasteiger partial charge in [0.15, 0.2) is 0 Å². The number of nitrogens with zero attached hydrogens (tertiary/aromatic N) is 2. The molecule has 0 bridgehead atoms. The number of anilines is 1. The van der Waals surface area contributed by atoms with Crippen LogP contribution in [0.15, 0.2) is 35.4 Å². The Labute approximate surface area is 149 Å². The lowest BCUT2D eigenvalue weighted by Gasteiger charge is -2.08. The van der Waals surface area contributed by atoms with Crippen molar-refractivity contribution in [2.45, 2.75) is 17.9 Å². The maximum atomic E-state index is 13.4. The van der Waals surface area contributed by atoms with Gasteiger partial charge in [-0.3, -0.25) is 4.79 Å². The number of nitriles is 1.